The Kier molecular flexibility index (Phi) is 18.5. The molecule has 2 aliphatic rings. The van der Waals surface area contributed by atoms with Gasteiger partial charge in [0.05, 0.1) is 20.9 Å². The van der Waals surface area contributed by atoms with Crippen LogP contribution in [0.5, 0.6) is 0 Å². The van der Waals surface area contributed by atoms with Gasteiger partial charge < -0.3 is 36.9 Å². The first-order valence-corrected chi connectivity index (χ1v) is 14.1. The van der Waals surface area contributed by atoms with Gasteiger partial charge in [0.25, 0.3) is 22.3 Å². The van der Waals surface area contributed by atoms with Gasteiger partial charge in [-0.05, 0) is 72.1 Å². The summed E-state index contributed by atoms with van der Waals surface area (Å²) in [5.41, 5.74) is 1.81. The molecular weight excluding hydrogens is 706 g/mol. The number of carbonyl (C=O) groups excluding carboxylic acids is 4. The van der Waals surface area contributed by atoms with Crippen molar-refractivity contribution in [3.63, 3.8) is 0 Å². The molecule has 0 spiro atoms. The number of thioether (sulfide) groups is 2. The van der Waals surface area contributed by atoms with Crippen molar-refractivity contribution in [3.05, 3.63) is 105 Å². The van der Waals surface area contributed by atoms with E-state index in [0.717, 1.165) is 23.5 Å². The first-order valence-electron chi connectivity index (χ1n) is 12.4. The van der Waals surface area contributed by atoms with Crippen molar-refractivity contribution >= 4 is 69.9 Å². The molecule has 246 valence electrons. The van der Waals surface area contributed by atoms with Crippen LogP contribution in [0, 0.1) is 0 Å². The van der Waals surface area contributed by atoms with Gasteiger partial charge in [0.1, 0.15) is 23.0 Å². The smallest absolute Gasteiger partial charge is 1.00 e. The summed E-state index contributed by atoms with van der Waals surface area (Å²) in [5.74, 6) is -0.931. The fourth-order valence-electron chi connectivity index (χ4n) is 3.83. The molecule has 4 heterocycles. The molecule has 6 rings (SSSR count). The van der Waals surface area contributed by atoms with E-state index in [1.807, 2.05) is 0 Å². The Bertz CT molecular complexity index is 1770. The van der Waals surface area contributed by atoms with Crippen molar-refractivity contribution < 1.29 is 125 Å². The van der Waals surface area contributed by atoms with E-state index in [9.17, 15) is 28.8 Å². The molecule has 0 bridgehead atoms. The number of amides is 4. The van der Waals surface area contributed by atoms with Crippen molar-refractivity contribution in [2.45, 2.75) is 0 Å². The molecule has 4 amide bonds. The predicted molar refractivity (Wildman–Crippen MR) is 171 cm³/mol. The second-order valence-electron chi connectivity index (χ2n) is 8.87. The van der Waals surface area contributed by atoms with Crippen LogP contribution in [0.4, 0.5) is 9.59 Å². The van der Waals surface area contributed by atoms with E-state index in [1.54, 1.807) is 48.5 Å². The standard InChI is InChI=1S/2C15H9NO5S.2Na.3H2O.H/c2*17-13-12(22-15(20)16-13)7-10-5-6-11(21-10)8-1-3-9(4-2-8)14(18)19;;;;;;/h2*1-7H,(H,18,19)(H,16,17,20);;;3*1H2;/q;;2*+1;;;;-1/p-1/b2*12-7-;;;;;;. The quantitative estimate of drug-likeness (QED) is 0.126. The maximum Gasteiger partial charge on any atom is 1.00 e. The van der Waals surface area contributed by atoms with E-state index < -0.39 is 34.2 Å². The van der Waals surface area contributed by atoms with Crippen molar-refractivity contribution in [1.82, 2.24) is 10.6 Å². The third kappa shape index (κ3) is 11.7. The van der Waals surface area contributed by atoms with E-state index in [4.69, 9.17) is 19.0 Å². The SMILES string of the molecule is O.O.O=C1NC(=O)/C(=C/c2ccc(-c3ccc(C(=O)O)cc3)o2)S1.O=C1NC(=O)/C(=C/c2ccc(-c3ccc(C(=O)O)cc3)o2)S1.[H-].[Na+].[Na+].[OH-]. The number of rotatable bonds is 6. The summed E-state index contributed by atoms with van der Waals surface area (Å²) in [6.07, 6.45) is 2.97. The van der Waals surface area contributed by atoms with Crippen molar-refractivity contribution in [2.75, 3.05) is 0 Å². The summed E-state index contributed by atoms with van der Waals surface area (Å²) in [7, 11) is 0. The molecule has 0 aliphatic carbocycles. The summed E-state index contributed by atoms with van der Waals surface area (Å²) in [4.78, 5) is 67.2. The van der Waals surface area contributed by atoms with Crippen LogP contribution in [0.3, 0.4) is 0 Å². The summed E-state index contributed by atoms with van der Waals surface area (Å²) in [6, 6.07) is 19.2. The summed E-state index contributed by atoms with van der Waals surface area (Å²) in [5, 5.41) is 21.2. The Balaban J connectivity index is 0. The number of furan rings is 2. The molecule has 2 aromatic heterocycles. The molecule has 19 heteroatoms. The van der Waals surface area contributed by atoms with Gasteiger partial charge in [-0.2, -0.15) is 0 Å². The fourth-order valence-corrected chi connectivity index (χ4v) is 5.15. The maximum absolute atomic E-state index is 11.4. The summed E-state index contributed by atoms with van der Waals surface area (Å²) < 4.78 is 11.2. The van der Waals surface area contributed by atoms with Crippen molar-refractivity contribution in [3.8, 4) is 22.6 Å². The second kappa shape index (κ2) is 20.1. The van der Waals surface area contributed by atoms with Crippen LogP contribution >= 0.6 is 23.5 Å². The fraction of sp³-hybridized carbons (Fsp3) is 0. The number of benzene rings is 2. The maximum atomic E-state index is 11.4. The third-order valence-electron chi connectivity index (χ3n) is 5.92. The van der Waals surface area contributed by atoms with Gasteiger partial charge in [0.15, 0.2) is 0 Å². The summed E-state index contributed by atoms with van der Waals surface area (Å²) >= 11 is 1.63. The molecule has 0 unspecified atom stereocenters. The number of aromatic carboxylic acids is 2. The summed E-state index contributed by atoms with van der Waals surface area (Å²) in [6.45, 7) is 0. The van der Waals surface area contributed by atoms with Crippen LogP contribution in [-0.4, -0.2) is 60.9 Å². The normalized spacial score (nSPS) is 14.4. The number of carbonyl (C=O) groups is 6. The van der Waals surface area contributed by atoms with Gasteiger partial charge in [-0.3, -0.25) is 29.8 Å². The van der Waals surface area contributed by atoms with Gasteiger partial charge in [0, 0.05) is 23.3 Å². The third-order valence-corrected chi connectivity index (χ3v) is 7.54. The molecule has 49 heavy (non-hydrogen) atoms. The number of hydrogen-bond acceptors (Lipinski definition) is 11. The zero-order valence-electron chi connectivity index (χ0n) is 26.5. The van der Waals surface area contributed by atoms with Gasteiger partial charge in [-0.25, -0.2) is 9.59 Å². The zero-order chi connectivity index (χ0) is 31.4. The number of imide groups is 2. The molecule has 2 saturated heterocycles. The van der Waals surface area contributed by atoms with Gasteiger partial charge in [-0.1, -0.05) is 24.3 Å². The molecule has 4 aromatic rings. The first kappa shape index (κ1) is 45.3. The molecular formula is C30H24N2Na2O13S2. The van der Waals surface area contributed by atoms with Crippen molar-refractivity contribution in [2.24, 2.45) is 0 Å². The second-order valence-corrected chi connectivity index (χ2v) is 10.9. The molecule has 2 fully saturated rings. The van der Waals surface area contributed by atoms with Gasteiger partial charge in [-0.15, -0.1) is 0 Å². The molecule has 9 N–H and O–H groups in total. The molecule has 0 atom stereocenters. The van der Waals surface area contributed by atoms with Crippen LogP contribution in [-0.2, 0) is 9.59 Å². The Morgan fingerprint density at radius 1 is 0.592 bits per heavy atom. The van der Waals surface area contributed by atoms with Crippen LogP contribution < -0.4 is 69.7 Å². The van der Waals surface area contributed by atoms with E-state index in [1.165, 1.54) is 36.4 Å². The zero-order valence-corrected chi connectivity index (χ0v) is 31.1. The minimum absolute atomic E-state index is 0. The number of carboxylic acids is 2. The first-order chi connectivity index (χ1) is 21.0. The van der Waals surface area contributed by atoms with Crippen LogP contribution in [0.25, 0.3) is 34.8 Å². The van der Waals surface area contributed by atoms with Crippen LogP contribution in [0.1, 0.15) is 33.7 Å². The number of carboxylic acid groups (broad SMARTS) is 2. The predicted octanol–water partition coefficient (Wildman–Crippen LogP) is -1.77. The van der Waals surface area contributed by atoms with Gasteiger partial charge in [0.2, 0.25) is 0 Å². The Labute approximate surface area is 330 Å². The topological polar surface area (TPSA) is 286 Å². The largest absolute Gasteiger partial charge is 1.00 e. The monoisotopic (exact) mass is 730 g/mol. The van der Waals surface area contributed by atoms with Gasteiger partial charge >= 0.3 is 71.1 Å². The molecule has 2 aromatic carbocycles. The van der Waals surface area contributed by atoms with Crippen molar-refractivity contribution in [1.29, 1.82) is 0 Å². The molecule has 2 aliphatic heterocycles. The van der Waals surface area contributed by atoms with Crippen LogP contribution in [0.15, 0.2) is 91.4 Å². The minimum atomic E-state index is -0.995. The Hall–Kier alpha value is -3.72. The van der Waals surface area contributed by atoms with E-state index in [0.29, 0.717) is 34.2 Å². The average molecular weight is 731 g/mol. The van der Waals surface area contributed by atoms with E-state index in [-0.39, 0.29) is 97.9 Å². The number of nitrogens with one attached hydrogen (secondary N) is 2. The van der Waals surface area contributed by atoms with E-state index in [2.05, 4.69) is 10.6 Å². The Morgan fingerprint density at radius 2 is 0.918 bits per heavy atom. The Morgan fingerprint density at radius 3 is 1.18 bits per heavy atom. The number of hydrogen-bond donors (Lipinski definition) is 4. The van der Waals surface area contributed by atoms with Crippen LogP contribution in [0.2, 0.25) is 0 Å². The molecule has 0 radical (unpaired) electrons. The average Bonchev–Trinajstić information content (AvgIpc) is 3.78. The molecule has 15 nitrogen and oxygen atoms in total. The van der Waals surface area contributed by atoms with E-state index >= 15 is 0 Å². The molecule has 0 saturated carbocycles. The minimum Gasteiger partial charge on any atom is -1.00 e.